The van der Waals surface area contributed by atoms with Crippen LogP contribution in [0.15, 0.2) is 0 Å². The smallest absolute Gasteiger partial charge is 0.00769 e. The molecular weight excluding hydrogens is 192 g/mol. The van der Waals surface area contributed by atoms with E-state index in [4.69, 9.17) is 0 Å². The Morgan fingerprint density at radius 1 is 0.900 bits per heavy atom. The molecule has 0 aromatic rings. The van der Waals surface area contributed by atoms with Crippen molar-refractivity contribution in [1.29, 1.82) is 0 Å². The zero-order valence-corrected chi connectivity index (χ0v) is 7.86. The first-order valence-corrected chi connectivity index (χ1v) is 3.83. The molecule has 2 rings (SSSR count). The highest BCUT2D eigenvalue weighted by molar-refractivity contribution is 8.93. The molecule has 1 aliphatic carbocycles. The average molecular weight is 207 g/mol. The minimum absolute atomic E-state index is 0. The first-order valence-electron chi connectivity index (χ1n) is 3.83. The maximum atomic E-state index is 3.44. The molecule has 2 N–H and O–H groups in total. The van der Waals surface area contributed by atoms with Crippen LogP contribution in [0.3, 0.4) is 0 Å². The van der Waals surface area contributed by atoms with Crippen LogP contribution in [0.4, 0.5) is 0 Å². The van der Waals surface area contributed by atoms with Crippen LogP contribution in [0.5, 0.6) is 0 Å². The average Bonchev–Trinajstić information content (AvgIpc) is 2.64. The van der Waals surface area contributed by atoms with Crippen molar-refractivity contribution in [2.24, 2.45) is 5.41 Å². The second kappa shape index (κ2) is 3.20. The van der Waals surface area contributed by atoms with E-state index in [9.17, 15) is 0 Å². The van der Waals surface area contributed by atoms with Crippen molar-refractivity contribution >= 4 is 17.0 Å². The minimum Gasteiger partial charge on any atom is -0.315 e. The number of rotatable bonds is 0. The molecule has 10 heavy (non-hydrogen) atoms. The van der Waals surface area contributed by atoms with E-state index >= 15 is 0 Å². The fourth-order valence-electron chi connectivity index (χ4n) is 1.48. The number of nitrogens with one attached hydrogen (secondary N) is 2. The first kappa shape index (κ1) is 8.50. The Morgan fingerprint density at radius 2 is 1.40 bits per heavy atom. The summed E-state index contributed by atoms with van der Waals surface area (Å²) in [5.74, 6) is 0. The van der Waals surface area contributed by atoms with Gasteiger partial charge in [0.25, 0.3) is 0 Å². The van der Waals surface area contributed by atoms with Gasteiger partial charge in [0.2, 0.25) is 0 Å². The Morgan fingerprint density at radius 3 is 1.80 bits per heavy atom. The standard InChI is InChI=1S/C7H14N2.BrH/c1-2-7(1)5-8-3-4-9-6-7;/h8-9H,1-6H2;1H. The summed E-state index contributed by atoms with van der Waals surface area (Å²) in [6, 6.07) is 0. The summed E-state index contributed by atoms with van der Waals surface area (Å²) in [5, 5.41) is 6.88. The summed E-state index contributed by atoms with van der Waals surface area (Å²) < 4.78 is 0. The van der Waals surface area contributed by atoms with Crippen LogP contribution in [0.25, 0.3) is 0 Å². The van der Waals surface area contributed by atoms with Gasteiger partial charge in [-0.25, -0.2) is 0 Å². The van der Waals surface area contributed by atoms with Gasteiger partial charge in [-0.1, -0.05) is 0 Å². The molecule has 2 nitrogen and oxygen atoms in total. The molecule has 60 valence electrons. The van der Waals surface area contributed by atoms with Gasteiger partial charge >= 0.3 is 0 Å². The maximum Gasteiger partial charge on any atom is 0.00769 e. The quantitative estimate of drug-likeness (QED) is 0.605. The summed E-state index contributed by atoms with van der Waals surface area (Å²) in [6.07, 6.45) is 2.88. The van der Waals surface area contributed by atoms with Gasteiger partial charge in [0.05, 0.1) is 0 Å². The number of halogens is 1. The second-order valence-corrected chi connectivity index (χ2v) is 3.35. The van der Waals surface area contributed by atoms with E-state index < -0.39 is 0 Å². The molecule has 1 saturated heterocycles. The molecule has 1 heterocycles. The first-order chi connectivity index (χ1) is 4.41. The SMILES string of the molecule is Br.C1CNCC2(CC2)CN1. The van der Waals surface area contributed by atoms with Crippen LogP contribution in [-0.2, 0) is 0 Å². The van der Waals surface area contributed by atoms with Gasteiger partial charge in [0.1, 0.15) is 0 Å². The van der Waals surface area contributed by atoms with Gasteiger partial charge in [-0.2, -0.15) is 0 Å². The third-order valence-electron chi connectivity index (χ3n) is 2.44. The second-order valence-electron chi connectivity index (χ2n) is 3.35. The number of hydrogen-bond acceptors (Lipinski definition) is 2. The van der Waals surface area contributed by atoms with E-state index in [2.05, 4.69) is 10.6 Å². The fraction of sp³-hybridized carbons (Fsp3) is 1.00. The third kappa shape index (κ3) is 1.71. The largest absolute Gasteiger partial charge is 0.315 e. The summed E-state index contributed by atoms with van der Waals surface area (Å²) in [5.41, 5.74) is 0.691. The molecule has 0 bridgehead atoms. The molecule has 2 fully saturated rings. The predicted octanol–water partition coefficient (Wildman–Crippen LogP) is 0.537. The molecule has 2 aliphatic rings. The lowest BCUT2D eigenvalue weighted by Crippen LogP contribution is -2.24. The summed E-state index contributed by atoms with van der Waals surface area (Å²) >= 11 is 0. The Balaban J connectivity index is 0.000000500. The summed E-state index contributed by atoms with van der Waals surface area (Å²) in [6.45, 7) is 4.81. The molecule has 1 aliphatic heterocycles. The van der Waals surface area contributed by atoms with Crippen molar-refractivity contribution in [2.45, 2.75) is 12.8 Å². The van der Waals surface area contributed by atoms with E-state index in [-0.39, 0.29) is 17.0 Å². The topological polar surface area (TPSA) is 24.1 Å². The molecule has 0 radical (unpaired) electrons. The zero-order valence-electron chi connectivity index (χ0n) is 6.15. The van der Waals surface area contributed by atoms with Crippen molar-refractivity contribution in [2.75, 3.05) is 26.2 Å². The lowest BCUT2D eigenvalue weighted by molar-refractivity contribution is 0.482. The van der Waals surface area contributed by atoms with E-state index in [1.165, 1.54) is 25.9 Å². The maximum absolute atomic E-state index is 3.44. The van der Waals surface area contributed by atoms with E-state index in [0.29, 0.717) is 5.41 Å². The lowest BCUT2D eigenvalue weighted by Gasteiger charge is -2.09. The minimum atomic E-state index is 0. The number of hydrogen-bond donors (Lipinski definition) is 2. The van der Waals surface area contributed by atoms with Gasteiger partial charge < -0.3 is 10.6 Å². The van der Waals surface area contributed by atoms with Gasteiger partial charge in [0, 0.05) is 26.2 Å². The molecule has 1 saturated carbocycles. The lowest BCUT2D eigenvalue weighted by atomic mass is 10.1. The molecule has 1 spiro atoms. The van der Waals surface area contributed by atoms with Gasteiger partial charge in [0.15, 0.2) is 0 Å². The molecule has 0 aromatic carbocycles. The Kier molecular flexibility index (Phi) is 2.72. The monoisotopic (exact) mass is 206 g/mol. The summed E-state index contributed by atoms with van der Waals surface area (Å²) in [7, 11) is 0. The van der Waals surface area contributed by atoms with Gasteiger partial charge in [-0.3, -0.25) is 0 Å². The Hall–Kier alpha value is 0.400. The van der Waals surface area contributed by atoms with Gasteiger partial charge in [-0.05, 0) is 18.3 Å². The van der Waals surface area contributed by atoms with Crippen LogP contribution >= 0.6 is 17.0 Å². The summed E-state index contributed by atoms with van der Waals surface area (Å²) in [4.78, 5) is 0. The van der Waals surface area contributed by atoms with Crippen LogP contribution < -0.4 is 10.6 Å². The molecular formula is C7H15BrN2. The normalized spacial score (nSPS) is 28.8. The molecule has 3 heteroatoms. The molecule has 0 aromatic heterocycles. The van der Waals surface area contributed by atoms with Crippen LogP contribution in [0, 0.1) is 5.41 Å². The molecule has 0 atom stereocenters. The van der Waals surface area contributed by atoms with Crippen molar-refractivity contribution < 1.29 is 0 Å². The predicted molar refractivity (Wildman–Crippen MR) is 47.7 cm³/mol. The van der Waals surface area contributed by atoms with E-state index in [1.807, 2.05) is 0 Å². The third-order valence-corrected chi connectivity index (χ3v) is 2.44. The zero-order chi connectivity index (χ0) is 6.16. The van der Waals surface area contributed by atoms with E-state index in [0.717, 1.165) is 13.1 Å². The Bertz CT molecular complexity index is 102. The highest BCUT2D eigenvalue weighted by atomic mass is 79.9. The van der Waals surface area contributed by atoms with Crippen LogP contribution in [0.1, 0.15) is 12.8 Å². The van der Waals surface area contributed by atoms with Crippen molar-refractivity contribution in [3.8, 4) is 0 Å². The van der Waals surface area contributed by atoms with Crippen molar-refractivity contribution in [3.63, 3.8) is 0 Å². The van der Waals surface area contributed by atoms with Crippen LogP contribution in [0.2, 0.25) is 0 Å². The van der Waals surface area contributed by atoms with Crippen LogP contribution in [-0.4, -0.2) is 26.2 Å². The van der Waals surface area contributed by atoms with Crippen molar-refractivity contribution in [1.82, 2.24) is 10.6 Å². The van der Waals surface area contributed by atoms with Crippen molar-refractivity contribution in [3.05, 3.63) is 0 Å². The molecule has 0 unspecified atom stereocenters. The molecule has 0 amide bonds. The fourth-order valence-corrected chi connectivity index (χ4v) is 1.48. The van der Waals surface area contributed by atoms with Gasteiger partial charge in [-0.15, -0.1) is 17.0 Å². The Labute approximate surface area is 72.5 Å². The highest BCUT2D eigenvalue weighted by Gasteiger charge is 2.42. The van der Waals surface area contributed by atoms with E-state index in [1.54, 1.807) is 0 Å². The highest BCUT2D eigenvalue weighted by Crippen LogP contribution is 2.44.